The molecule has 0 aliphatic carbocycles. The molecule has 8 aromatic carbocycles. The van der Waals surface area contributed by atoms with Gasteiger partial charge in [-0.25, -0.2) is 0 Å². The van der Waals surface area contributed by atoms with Gasteiger partial charge in [-0.3, -0.25) is 0 Å². The summed E-state index contributed by atoms with van der Waals surface area (Å²) in [5.41, 5.74) is 24.1. The van der Waals surface area contributed by atoms with E-state index in [0.717, 1.165) is 22.7 Å². The van der Waals surface area contributed by atoms with Crippen molar-refractivity contribution in [3.8, 4) is 11.1 Å². The predicted molar refractivity (Wildman–Crippen MR) is 270 cm³/mol. The zero-order chi connectivity index (χ0) is 43.3. The molecule has 62 heavy (non-hydrogen) atoms. The smallest absolute Gasteiger partial charge is 0.0520 e. The molecule has 0 atom stereocenters. The Morgan fingerprint density at radius 2 is 0.484 bits per heavy atom. The van der Waals surface area contributed by atoms with Gasteiger partial charge >= 0.3 is 0 Å². The Kier molecular flexibility index (Phi) is 12.2. The van der Waals surface area contributed by atoms with Crippen molar-refractivity contribution >= 4 is 58.4 Å². The van der Waals surface area contributed by atoms with Crippen molar-refractivity contribution in [2.24, 2.45) is 0 Å². The minimum Gasteiger partial charge on any atom is -0.310 e. The number of nitrogens with zero attached hydrogens (tertiary/aromatic N) is 2. The molecule has 2 nitrogen and oxygen atoms in total. The van der Waals surface area contributed by atoms with Gasteiger partial charge in [-0.05, 0) is 160 Å². The highest BCUT2D eigenvalue weighted by molar-refractivity contribution is 5.85. The van der Waals surface area contributed by atoms with Crippen LogP contribution in [0.4, 0.5) is 34.1 Å². The van der Waals surface area contributed by atoms with Gasteiger partial charge in [0.1, 0.15) is 0 Å². The summed E-state index contributed by atoms with van der Waals surface area (Å²) >= 11 is 0. The zero-order valence-electron chi connectivity index (χ0n) is 37.4. The maximum atomic E-state index is 2.40. The third-order valence-electron chi connectivity index (χ3n) is 11.7. The van der Waals surface area contributed by atoms with Crippen molar-refractivity contribution in [2.45, 2.75) is 55.4 Å². The molecule has 0 aliphatic heterocycles. The van der Waals surface area contributed by atoms with Crippen molar-refractivity contribution in [2.75, 3.05) is 9.80 Å². The highest BCUT2D eigenvalue weighted by atomic mass is 15.2. The summed E-state index contributed by atoms with van der Waals surface area (Å²) in [6.07, 6.45) is 8.73. The number of benzene rings is 8. The standard InChI is InChI=1S/C60H56N2/c1-41-9-13-49(14-10-41)17-19-51-21-29-55(30-22-51)61(59-45(5)37-43(3)38-46(59)6)57-33-25-53(26-34-57)54-27-35-58(36-28-54)62(60-47(7)39-44(4)40-48(60)8)56-31-23-52(24-32-56)20-18-50-15-11-42(2)12-16-50/h9-40H,1-8H3/b19-17+,20-18+. The van der Waals surface area contributed by atoms with Gasteiger partial charge < -0.3 is 9.80 Å². The molecular formula is C60H56N2. The first-order valence-corrected chi connectivity index (χ1v) is 21.7. The van der Waals surface area contributed by atoms with Gasteiger partial charge in [0.2, 0.25) is 0 Å². The van der Waals surface area contributed by atoms with Gasteiger partial charge in [-0.2, -0.15) is 0 Å². The summed E-state index contributed by atoms with van der Waals surface area (Å²) in [4.78, 5) is 4.80. The van der Waals surface area contributed by atoms with Gasteiger partial charge in [0.15, 0.2) is 0 Å². The van der Waals surface area contributed by atoms with Gasteiger partial charge in [0, 0.05) is 22.7 Å². The van der Waals surface area contributed by atoms with E-state index in [2.05, 4.69) is 259 Å². The van der Waals surface area contributed by atoms with Crippen molar-refractivity contribution < 1.29 is 0 Å². The van der Waals surface area contributed by atoms with E-state index in [9.17, 15) is 0 Å². The normalized spacial score (nSPS) is 11.4. The van der Waals surface area contributed by atoms with Crippen LogP contribution < -0.4 is 9.80 Å². The Morgan fingerprint density at radius 1 is 0.258 bits per heavy atom. The fraction of sp³-hybridized carbons (Fsp3) is 0.133. The second-order valence-corrected chi connectivity index (χ2v) is 16.9. The van der Waals surface area contributed by atoms with Crippen molar-refractivity contribution in [1.82, 2.24) is 0 Å². The van der Waals surface area contributed by atoms with Gasteiger partial charge in [-0.15, -0.1) is 0 Å². The second-order valence-electron chi connectivity index (χ2n) is 16.9. The molecule has 8 rings (SSSR count). The highest BCUT2D eigenvalue weighted by Crippen LogP contribution is 2.42. The quantitative estimate of drug-likeness (QED) is 0.120. The molecular weight excluding hydrogens is 749 g/mol. The molecule has 0 N–H and O–H groups in total. The van der Waals surface area contributed by atoms with E-state index >= 15 is 0 Å². The van der Waals surface area contributed by atoms with Crippen molar-refractivity contribution in [3.63, 3.8) is 0 Å². The van der Waals surface area contributed by atoms with E-state index < -0.39 is 0 Å². The average Bonchev–Trinajstić information content (AvgIpc) is 3.26. The van der Waals surface area contributed by atoms with E-state index in [1.54, 1.807) is 0 Å². The Hall–Kier alpha value is -7.16. The monoisotopic (exact) mass is 804 g/mol. The molecule has 0 aromatic heterocycles. The molecule has 2 heteroatoms. The largest absolute Gasteiger partial charge is 0.310 e. The summed E-state index contributed by atoms with van der Waals surface area (Å²) in [6.45, 7) is 17.5. The summed E-state index contributed by atoms with van der Waals surface area (Å²) in [6, 6.07) is 62.2. The maximum Gasteiger partial charge on any atom is 0.0520 e. The minimum atomic E-state index is 1.12. The molecule has 0 spiro atoms. The lowest BCUT2D eigenvalue weighted by atomic mass is 10.00. The van der Waals surface area contributed by atoms with Crippen molar-refractivity contribution in [3.05, 3.63) is 237 Å². The SMILES string of the molecule is Cc1ccc(/C=C/c2ccc(N(c3ccc(-c4ccc(N(c5ccc(/C=C/c6ccc(C)cc6)cc5)c5c(C)cc(C)cc5C)cc4)cc3)c3c(C)cc(C)cc3C)cc2)cc1. The summed E-state index contributed by atoms with van der Waals surface area (Å²) in [5.74, 6) is 0. The van der Waals surface area contributed by atoms with Crippen LogP contribution in [-0.2, 0) is 0 Å². The summed E-state index contributed by atoms with van der Waals surface area (Å²) in [5, 5.41) is 0. The molecule has 0 radical (unpaired) electrons. The number of hydrogen-bond donors (Lipinski definition) is 0. The third kappa shape index (κ3) is 9.41. The second kappa shape index (κ2) is 18.2. The highest BCUT2D eigenvalue weighted by Gasteiger charge is 2.20. The lowest BCUT2D eigenvalue weighted by Gasteiger charge is -2.29. The first-order chi connectivity index (χ1) is 30.0. The van der Waals surface area contributed by atoms with Crippen LogP contribution >= 0.6 is 0 Å². The molecule has 0 bridgehead atoms. The molecule has 0 fully saturated rings. The Balaban J connectivity index is 1.09. The molecule has 0 unspecified atom stereocenters. The van der Waals surface area contributed by atoms with Gasteiger partial charge in [-0.1, -0.05) is 168 Å². The summed E-state index contributed by atoms with van der Waals surface area (Å²) in [7, 11) is 0. The molecule has 0 heterocycles. The number of aryl methyl sites for hydroxylation is 8. The zero-order valence-corrected chi connectivity index (χ0v) is 37.4. The first kappa shape index (κ1) is 41.6. The molecule has 0 aliphatic rings. The van der Waals surface area contributed by atoms with E-state index in [1.807, 2.05) is 0 Å². The lowest BCUT2D eigenvalue weighted by molar-refractivity contribution is 1.20. The fourth-order valence-corrected chi connectivity index (χ4v) is 8.68. The topological polar surface area (TPSA) is 6.48 Å². The molecule has 306 valence electrons. The fourth-order valence-electron chi connectivity index (χ4n) is 8.68. The number of anilines is 6. The van der Waals surface area contributed by atoms with Crippen LogP contribution in [0.3, 0.4) is 0 Å². The van der Waals surface area contributed by atoms with Gasteiger partial charge in [0.05, 0.1) is 11.4 Å². The van der Waals surface area contributed by atoms with E-state index in [4.69, 9.17) is 0 Å². The van der Waals surface area contributed by atoms with Crippen LogP contribution in [0.2, 0.25) is 0 Å². The van der Waals surface area contributed by atoms with Crippen LogP contribution in [0.25, 0.3) is 35.4 Å². The summed E-state index contributed by atoms with van der Waals surface area (Å²) < 4.78 is 0. The Labute approximate surface area is 369 Å². The van der Waals surface area contributed by atoms with E-state index in [1.165, 1.54) is 89.3 Å². The van der Waals surface area contributed by atoms with Crippen LogP contribution in [0.15, 0.2) is 170 Å². The maximum absolute atomic E-state index is 2.40. The van der Waals surface area contributed by atoms with Crippen LogP contribution in [0, 0.1) is 55.4 Å². The molecule has 0 amide bonds. The van der Waals surface area contributed by atoms with E-state index in [-0.39, 0.29) is 0 Å². The first-order valence-electron chi connectivity index (χ1n) is 21.7. The lowest BCUT2D eigenvalue weighted by Crippen LogP contribution is -2.13. The Morgan fingerprint density at radius 3 is 0.742 bits per heavy atom. The number of hydrogen-bond acceptors (Lipinski definition) is 2. The van der Waals surface area contributed by atoms with Gasteiger partial charge in [0.25, 0.3) is 0 Å². The number of rotatable bonds is 11. The third-order valence-corrected chi connectivity index (χ3v) is 11.7. The average molecular weight is 805 g/mol. The van der Waals surface area contributed by atoms with Crippen molar-refractivity contribution in [1.29, 1.82) is 0 Å². The van der Waals surface area contributed by atoms with Crippen LogP contribution in [0.5, 0.6) is 0 Å². The Bertz CT molecular complexity index is 2610. The molecule has 0 saturated carbocycles. The minimum absolute atomic E-state index is 1.12. The van der Waals surface area contributed by atoms with Crippen LogP contribution in [-0.4, -0.2) is 0 Å². The van der Waals surface area contributed by atoms with Crippen LogP contribution in [0.1, 0.15) is 66.8 Å². The molecule has 8 aromatic rings. The molecule has 0 saturated heterocycles. The van der Waals surface area contributed by atoms with E-state index in [0.29, 0.717) is 0 Å². The predicted octanol–water partition coefficient (Wildman–Crippen LogP) is 17.1.